The van der Waals surface area contributed by atoms with Gasteiger partial charge in [0.25, 0.3) is 0 Å². The summed E-state index contributed by atoms with van der Waals surface area (Å²) < 4.78 is 5.94. The van der Waals surface area contributed by atoms with Crippen molar-refractivity contribution in [3.05, 3.63) is 119 Å². The predicted octanol–water partition coefficient (Wildman–Crippen LogP) is 6.02. The largest absolute Gasteiger partial charge is 0.489 e. The van der Waals surface area contributed by atoms with E-state index in [4.69, 9.17) is 20.7 Å². The van der Waals surface area contributed by atoms with Crippen LogP contribution in [0.25, 0.3) is 0 Å². The van der Waals surface area contributed by atoms with E-state index in [1.165, 1.54) is 0 Å². The molecular formula is C31H40N4O2. The van der Waals surface area contributed by atoms with Crippen molar-refractivity contribution in [1.82, 2.24) is 10.2 Å². The number of anilines is 1. The molecule has 0 heterocycles. The zero-order valence-corrected chi connectivity index (χ0v) is 22.6. The second-order valence-corrected chi connectivity index (χ2v) is 7.96. The van der Waals surface area contributed by atoms with E-state index in [9.17, 15) is 0 Å². The second-order valence-electron chi connectivity index (χ2n) is 7.96. The van der Waals surface area contributed by atoms with Gasteiger partial charge in [0.05, 0.1) is 11.8 Å². The Hall–Kier alpha value is -4.16. The molecule has 4 N–H and O–H groups in total. The van der Waals surface area contributed by atoms with Crippen LogP contribution in [-0.4, -0.2) is 38.5 Å². The SMILES string of the molecule is C=C/C(=C(/C(=N)c1ccccc1)C(NC)c1ccc(OCc2ccc(N)cc2)cc1)N(C)C.C=O.CC. The average Bonchev–Trinajstić information content (AvgIpc) is 2.95. The number of nitrogens with two attached hydrogens (primary N) is 1. The molecule has 0 aromatic heterocycles. The molecule has 1 unspecified atom stereocenters. The Morgan fingerprint density at radius 2 is 1.57 bits per heavy atom. The van der Waals surface area contributed by atoms with E-state index < -0.39 is 0 Å². The Kier molecular flexibility index (Phi) is 13.8. The van der Waals surface area contributed by atoms with Crippen LogP contribution in [0, 0.1) is 5.41 Å². The number of benzene rings is 3. The third-order valence-electron chi connectivity index (χ3n) is 5.46. The molecule has 0 spiro atoms. The molecule has 0 aliphatic rings. The summed E-state index contributed by atoms with van der Waals surface area (Å²) >= 11 is 0. The highest BCUT2D eigenvalue weighted by atomic mass is 16.5. The number of nitrogens with one attached hydrogen (secondary N) is 2. The molecule has 196 valence electrons. The molecule has 0 amide bonds. The van der Waals surface area contributed by atoms with Gasteiger partial charge in [-0.15, -0.1) is 0 Å². The Bertz CT molecular complexity index is 1120. The van der Waals surface area contributed by atoms with Gasteiger partial charge in [-0.3, -0.25) is 5.41 Å². The van der Waals surface area contributed by atoms with Crippen LogP contribution >= 0.6 is 0 Å². The summed E-state index contributed by atoms with van der Waals surface area (Å²) in [4.78, 5) is 9.99. The van der Waals surface area contributed by atoms with E-state index in [2.05, 4.69) is 11.9 Å². The molecule has 3 aromatic rings. The summed E-state index contributed by atoms with van der Waals surface area (Å²) in [7, 11) is 5.84. The Labute approximate surface area is 222 Å². The third kappa shape index (κ3) is 8.78. The summed E-state index contributed by atoms with van der Waals surface area (Å²) in [6.07, 6.45) is 1.81. The molecular weight excluding hydrogens is 460 g/mol. The maximum Gasteiger partial charge on any atom is 0.119 e. The Morgan fingerprint density at radius 3 is 2.05 bits per heavy atom. The quantitative estimate of drug-likeness (QED) is 0.180. The zero-order valence-electron chi connectivity index (χ0n) is 22.6. The number of ether oxygens (including phenoxy) is 1. The van der Waals surface area contributed by atoms with E-state index in [-0.39, 0.29) is 6.04 Å². The third-order valence-corrected chi connectivity index (χ3v) is 5.46. The van der Waals surface area contributed by atoms with Crippen LogP contribution < -0.4 is 15.8 Å². The first-order valence-electron chi connectivity index (χ1n) is 12.2. The monoisotopic (exact) mass is 500 g/mol. The zero-order chi connectivity index (χ0) is 27.8. The van der Waals surface area contributed by atoms with Crippen molar-refractivity contribution in [3.63, 3.8) is 0 Å². The van der Waals surface area contributed by atoms with Gasteiger partial charge in [-0.05, 0) is 54.1 Å². The predicted molar refractivity (Wildman–Crippen MR) is 156 cm³/mol. The van der Waals surface area contributed by atoms with E-state index in [0.29, 0.717) is 12.3 Å². The van der Waals surface area contributed by atoms with Gasteiger partial charge in [0.2, 0.25) is 0 Å². The van der Waals surface area contributed by atoms with Crippen molar-refractivity contribution in [2.24, 2.45) is 0 Å². The number of rotatable bonds is 10. The lowest BCUT2D eigenvalue weighted by Crippen LogP contribution is -2.28. The topological polar surface area (TPSA) is 91.4 Å². The summed E-state index contributed by atoms with van der Waals surface area (Å²) in [6, 6.07) is 25.2. The fraction of sp³-hybridized carbons (Fsp3) is 0.226. The van der Waals surface area contributed by atoms with Gasteiger partial charge in [-0.2, -0.15) is 0 Å². The molecule has 0 radical (unpaired) electrons. The van der Waals surface area contributed by atoms with Gasteiger partial charge in [0, 0.05) is 31.1 Å². The molecule has 3 aromatic carbocycles. The first-order chi connectivity index (χ1) is 17.9. The summed E-state index contributed by atoms with van der Waals surface area (Å²) in [5.74, 6) is 0.783. The minimum atomic E-state index is -0.195. The molecule has 37 heavy (non-hydrogen) atoms. The fourth-order valence-electron chi connectivity index (χ4n) is 3.73. The number of allylic oxidation sites excluding steroid dienone is 1. The van der Waals surface area contributed by atoms with Crippen LogP contribution in [0.1, 0.15) is 36.6 Å². The number of hydrogen-bond acceptors (Lipinski definition) is 6. The van der Waals surface area contributed by atoms with Crippen molar-refractivity contribution in [1.29, 1.82) is 5.41 Å². The van der Waals surface area contributed by atoms with Crippen molar-refractivity contribution in [2.45, 2.75) is 26.5 Å². The highest BCUT2D eigenvalue weighted by Gasteiger charge is 2.24. The number of likely N-dealkylation sites (N-methyl/N-ethyl adjacent to an activating group) is 2. The van der Waals surface area contributed by atoms with Crippen LogP contribution in [0.3, 0.4) is 0 Å². The molecule has 6 nitrogen and oxygen atoms in total. The second kappa shape index (κ2) is 16.5. The van der Waals surface area contributed by atoms with E-state index in [1.807, 2.05) is 126 Å². The van der Waals surface area contributed by atoms with Gasteiger partial charge in [-0.25, -0.2) is 0 Å². The number of carbonyl (C=O) groups is 1. The van der Waals surface area contributed by atoms with Gasteiger partial charge in [0.15, 0.2) is 0 Å². The van der Waals surface area contributed by atoms with Crippen LogP contribution in [0.5, 0.6) is 5.75 Å². The number of hydrogen-bond donors (Lipinski definition) is 3. The highest BCUT2D eigenvalue weighted by molar-refractivity contribution is 6.12. The van der Waals surface area contributed by atoms with E-state index in [1.54, 1.807) is 6.08 Å². The molecule has 0 bridgehead atoms. The lowest BCUT2D eigenvalue weighted by atomic mass is 9.89. The molecule has 0 aliphatic heterocycles. The van der Waals surface area contributed by atoms with Crippen molar-refractivity contribution < 1.29 is 9.53 Å². The maximum absolute atomic E-state index is 9.01. The Balaban J connectivity index is 0.00000163. The molecule has 0 aliphatic carbocycles. The van der Waals surface area contributed by atoms with E-state index in [0.717, 1.165) is 39.4 Å². The molecule has 0 saturated heterocycles. The lowest BCUT2D eigenvalue weighted by Gasteiger charge is -2.27. The molecule has 1 atom stereocenters. The molecule has 3 rings (SSSR count). The number of nitrogens with zero attached hydrogens (tertiary/aromatic N) is 1. The smallest absolute Gasteiger partial charge is 0.119 e. The van der Waals surface area contributed by atoms with Crippen molar-refractivity contribution in [3.8, 4) is 5.75 Å². The molecule has 0 fully saturated rings. The van der Waals surface area contributed by atoms with Crippen LogP contribution in [-0.2, 0) is 11.4 Å². The van der Waals surface area contributed by atoms with Gasteiger partial charge in [0.1, 0.15) is 19.1 Å². The summed E-state index contributed by atoms with van der Waals surface area (Å²) in [5, 5.41) is 12.4. The summed E-state index contributed by atoms with van der Waals surface area (Å²) in [5.41, 5.74) is 11.7. The van der Waals surface area contributed by atoms with Gasteiger partial charge < -0.3 is 25.5 Å². The number of nitrogen functional groups attached to an aromatic ring is 1. The standard InChI is InChI=1S/C28H32N4O.C2H6.CH2O/c1-5-25(32(3)4)26(27(30)21-9-7-6-8-10-21)28(31-2)22-13-17-24(18-14-22)33-19-20-11-15-23(29)16-12-20;2*1-2/h5-18,28,30-31H,1,19,29H2,2-4H3;1-2H3;1H2/b26-25+,30-27?;;. The average molecular weight is 501 g/mol. The minimum absolute atomic E-state index is 0.195. The van der Waals surface area contributed by atoms with Crippen LogP contribution in [0.2, 0.25) is 0 Å². The highest BCUT2D eigenvalue weighted by Crippen LogP contribution is 2.30. The molecule has 6 heteroatoms. The first-order valence-corrected chi connectivity index (χ1v) is 12.2. The van der Waals surface area contributed by atoms with Crippen molar-refractivity contribution >= 4 is 18.2 Å². The Morgan fingerprint density at radius 1 is 1.00 bits per heavy atom. The number of carbonyl (C=O) groups excluding carboxylic acids is 1. The minimum Gasteiger partial charge on any atom is -0.489 e. The van der Waals surface area contributed by atoms with Crippen molar-refractivity contribution in [2.75, 3.05) is 26.9 Å². The van der Waals surface area contributed by atoms with Crippen LogP contribution in [0.4, 0.5) is 5.69 Å². The van der Waals surface area contributed by atoms with Gasteiger partial charge in [-0.1, -0.05) is 75.0 Å². The lowest BCUT2D eigenvalue weighted by molar-refractivity contribution is -0.0979. The fourth-order valence-corrected chi connectivity index (χ4v) is 3.73. The first kappa shape index (κ1) is 30.9. The van der Waals surface area contributed by atoms with Crippen LogP contribution in [0.15, 0.2) is 103 Å². The maximum atomic E-state index is 9.01. The normalized spacial score (nSPS) is 11.4. The molecule has 0 saturated carbocycles. The van der Waals surface area contributed by atoms with Gasteiger partial charge >= 0.3 is 0 Å². The van der Waals surface area contributed by atoms with E-state index >= 15 is 0 Å². The summed E-state index contributed by atoms with van der Waals surface area (Å²) in [6.45, 7) is 10.5.